The predicted molar refractivity (Wildman–Crippen MR) is 126 cm³/mol. The van der Waals surface area contributed by atoms with Gasteiger partial charge >= 0.3 is 0 Å². The Bertz CT molecular complexity index is 1240. The molecule has 8 nitrogen and oxygen atoms in total. The Balaban J connectivity index is 1.65. The Kier molecular flexibility index (Phi) is 4.83. The van der Waals surface area contributed by atoms with Gasteiger partial charge in [0.15, 0.2) is 5.78 Å². The van der Waals surface area contributed by atoms with E-state index in [9.17, 15) is 19.2 Å². The summed E-state index contributed by atoms with van der Waals surface area (Å²) in [5.41, 5.74) is 0.00784. The number of carbonyl (C=O) groups excluding carboxylic acids is 4. The molecule has 5 rings (SSSR count). The Labute approximate surface area is 197 Å². The lowest BCUT2D eigenvalue weighted by Gasteiger charge is -2.38. The van der Waals surface area contributed by atoms with Crippen LogP contribution in [0, 0.1) is 5.41 Å². The van der Waals surface area contributed by atoms with Crippen molar-refractivity contribution in [1.82, 2.24) is 9.80 Å². The molecule has 3 amide bonds. The Hall–Kier alpha value is -3.68. The average molecular weight is 462 g/mol. The Morgan fingerprint density at radius 2 is 1.82 bits per heavy atom. The summed E-state index contributed by atoms with van der Waals surface area (Å²) in [6.07, 6.45) is 8.93. The van der Waals surface area contributed by atoms with E-state index in [2.05, 4.69) is 5.32 Å². The summed E-state index contributed by atoms with van der Waals surface area (Å²) in [5.74, 6) is -0.763. The van der Waals surface area contributed by atoms with Crippen LogP contribution in [0.25, 0.3) is 6.08 Å². The number of fused-ring (bicyclic) bond motifs is 5. The van der Waals surface area contributed by atoms with E-state index in [0.29, 0.717) is 35.7 Å². The first kappa shape index (κ1) is 22.1. The first-order valence-corrected chi connectivity index (χ1v) is 11.4. The van der Waals surface area contributed by atoms with Crippen molar-refractivity contribution in [2.24, 2.45) is 5.41 Å². The summed E-state index contributed by atoms with van der Waals surface area (Å²) >= 11 is 0. The number of anilines is 1. The number of amides is 3. The van der Waals surface area contributed by atoms with Crippen LogP contribution in [0.15, 0.2) is 42.3 Å². The highest BCUT2D eigenvalue weighted by molar-refractivity contribution is 6.12. The van der Waals surface area contributed by atoms with Gasteiger partial charge in [0.05, 0.1) is 11.1 Å². The summed E-state index contributed by atoms with van der Waals surface area (Å²) in [5, 5.41) is 2.93. The van der Waals surface area contributed by atoms with Crippen molar-refractivity contribution in [3.05, 3.63) is 53.4 Å². The minimum absolute atomic E-state index is 0.198. The van der Waals surface area contributed by atoms with E-state index in [-0.39, 0.29) is 35.5 Å². The molecule has 0 aromatic heterocycles. The summed E-state index contributed by atoms with van der Waals surface area (Å²) in [6, 6.07) is 2.34. The molecule has 0 saturated carbocycles. The van der Waals surface area contributed by atoms with Crippen LogP contribution in [0.3, 0.4) is 0 Å². The number of hydrogen-bond acceptors (Lipinski definition) is 5. The van der Waals surface area contributed by atoms with Crippen LogP contribution in [-0.4, -0.2) is 51.5 Å². The number of nitrogens with one attached hydrogen (secondary N) is 1. The summed E-state index contributed by atoms with van der Waals surface area (Å²) < 4.78 is 6.04. The highest BCUT2D eigenvalue weighted by atomic mass is 16.5. The monoisotopic (exact) mass is 461 g/mol. The van der Waals surface area contributed by atoms with Crippen molar-refractivity contribution in [2.75, 3.05) is 11.9 Å². The van der Waals surface area contributed by atoms with Crippen molar-refractivity contribution >= 4 is 35.3 Å². The number of piperazine rings is 1. The number of ketones is 1. The van der Waals surface area contributed by atoms with E-state index in [1.807, 2.05) is 26.0 Å². The van der Waals surface area contributed by atoms with E-state index in [0.717, 1.165) is 0 Å². The van der Waals surface area contributed by atoms with Crippen LogP contribution in [-0.2, 0) is 14.4 Å². The van der Waals surface area contributed by atoms with Gasteiger partial charge in [0.2, 0.25) is 5.91 Å². The number of carbonyl (C=O) groups is 4. The molecule has 4 aliphatic heterocycles. The minimum Gasteiger partial charge on any atom is -0.483 e. The second kappa shape index (κ2) is 7.41. The molecule has 0 spiro atoms. The van der Waals surface area contributed by atoms with Crippen molar-refractivity contribution in [3.63, 3.8) is 0 Å². The van der Waals surface area contributed by atoms with E-state index in [1.54, 1.807) is 38.1 Å². The molecule has 0 aliphatic carbocycles. The fraction of sp³-hybridized carbons (Fsp3) is 0.385. The van der Waals surface area contributed by atoms with Gasteiger partial charge in [-0.25, -0.2) is 0 Å². The van der Waals surface area contributed by atoms with Crippen LogP contribution >= 0.6 is 0 Å². The molecule has 1 aromatic carbocycles. The topological polar surface area (TPSA) is 96.0 Å². The highest BCUT2D eigenvalue weighted by Crippen LogP contribution is 2.40. The fourth-order valence-corrected chi connectivity index (χ4v) is 4.65. The summed E-state index contributed by atoms with van der Waals surface area (Å²) in [7, 11) is 0. The molecule has 4 heterocycles. The standard InChI is InChI=1S/C26H27N3O5/c1-25(2)11-13-29-18(23(32)28-12-5-6-17(28)22(29)31)14-19(30)15-7-8-20-16(21(15)27-24(25)33)9-10-26(3,4)34-20/h6-11,13,18H,5,12,14H2,1-4H3,(H,27,33)/t18-/m0/s1. The van der Waals surface area contributed by atoms with Crippen LogP contribution in [0.5, 0.6) is 5.75 Å². The molecule has 4 aliphatic rings. The molecule has 1 N–H and O–H groups in total. The highest BCUT2D eigenvalue weighted by Gasteiger charge is 2.45. The lowest BCUT2D eigenvalue weighted by atomic mass is 9.91. The van der Waals surface area contributed by atoms with Crippen molar-refractivity contribution < 1.29 is 23.9 Å². The van der Waals surface area contributed by atoms with Gasteiger partial charge in [-0.2, -0.15) is 0 Å². The lowest BCUT2D eigenvalue weighted by molar-refractivity contribution is -0.147. The maximum Gasteiger partial charge on any atom is 0.274 e. The van der Waals surface area contributed by atoms with Crippen molar-refractivity contribution in [2.45, 2.75) is 52.2 Å². The Morgan fingerprint density at radius 1 is 1.06 bits per heavy atom. The first-order valence-electron chi connectivity index (χ1n) is 11.4. The third-order valence-corrected chi connectivity index (χ3v) is 6.71. The summed E-state index contributed by atoms with van der Waals surface area (Å²) in [4.78, 5) is 56.2. The molecular formula is C26H27N3O5. The van der Waals surface area contributed by atoms with Gasteiger partial charge in [0, 0.05) is 30.3 Å². The average Bonchev–Trinajstić information content (AvgIpc) is 3.26. The zero-order valence-corrected chi connectivity index (χ0v) is 19.7. The van der Waals surface area contributed by atoms with Gasteiger partial charge in [0.1, 0.15) is 23.1 Å². The van der Waals surface area contributed by atoms with Gasteiger partial charge in [-0.1, -0.05) is 12.2 Å². The van der Waals surface area contributed by atoms with E-state index < -0.39 is 17.1 Å². The molecule has 1 aromatic rings. The van der Waals surface area contributed by atoms with Crippen LogP contribution in [0.4, 0.5) is 5.69 Å². The van der Waals surface area contributed by atoms with Crippen molar-refractivity contribution in [1.29, 1.82) is 0 Å². The third kappa shape index (κ3) is 3.45. The SMILES string of the molecule is CC1(C)C=Cc2c(ccc3c2NC(=O)C(C)(C)C=CN2C(=O)C4=CCCN4C(=O)[C@@H]2CC3=O)O1. The van der Waals surface area contributed by atoms with Crippen molar-refractivity contribution in [3.8, 4) is 5.75 Å². The van der Waals surface area contributed by atoms with Gasteiger partial charge in [0.25, 0.3) is 11.8 Å². The number of benzene rings is 1. The third-order valence-electron chi connectivity index (χ3n) is 6.71. The Morgan fingerprint density at radius 3 is 2.59 bits per heavy atom. The normalized spacial score (nSPS) is 24.8. The molecule has 0 radical (unpaired) electrons. The molecular weight excluding hydrogens is 434 g/mol. The van der Waals surface area contributed by atoms with E-state index in [4.69, 9.17) is 4.74 Å². The number of hydrogen-bond donors (Lipinski definition) is 1. The van der Waals surface area contributed by atoms with Crippen LogP contribution in [0.2, 0.25) is 0 Å². The number of ether oxygens (including phenoxy) is 1. The second-order valence-corrected chi connectivity index (χ2v) is 10.2. The van der Waals surface area contributed by atoms with Crippen LogP contribution in [0.1, 0.15) is 56.5 Å². The molecule has 1 atom stereocenters. The number of rotatable bonds is 0. The molecule has 176 valence electrons. The largest absolute Gasteiger partial charge is 0.483 e. The van der Waals surface area contributed by atoms with Crippen LogP contribution < -0.4 is 10.1 Å². The second-order valence-electron chi connectivity index (χ2n) is 10.2. The first-order chi connectivity index (χ1) is 16.0. The minimum atomic E-state index is -1.03. The van der Waals surface area contributed by atoms with Gasteiger partial charge in [-0.3, -0.25) is 19.2 Å². The molecule has 0 bridgehead atoms. The van der Waals surface area contributed by atoms with Gasteiger partial charge < -0.3 is 19.9 Å². The van der Waals surface area contributed by atoms with Gasteiger partial charge in [-0.15, -0.1) is 0 Å². The maximum absolute atomic E-state index is 13.6. The lowest BCUT2D eigenvalue weighted by Crippen LogP contribution is -2.56. The molecule has 34 heavy (non-hydrogen) atoms. The van der Waals surface area contributed by atoms with E-state index in [1.165, 1.54) is 16.0 Å². The fourth-order valence-electron chi connectivity index (χ4n) is 4.65. The van der Waals surface area contributed by atoms with Gasteiger partial charge in [-0.05, 0) is 58.4 Å². The zero-order valence-electron chi connectivity index (χ0n) is 19.7. The smallest absolute Gasteiger partial charge is 0.274 e. The quantitative estimate of drug-likeness (QED) is 0.640. The zero-order chi connectivity index (χ0) is 24.4. The molecule has 8 heteroatoms. The molecule has 1 fully saturated rings. The summed E-state index contributed by atoms with van der Waals surface area (Å²) in [6.45, 7) is 7.70. The maximum atomic E-state index is 13.6. The molecule has 1 saturated heterocycles. The number of nitrogens with zero attached hydrogens (tertiary/aromatic N) is 2. The predicted octanol–water partition coefficient (Wildman–Crippen LogP) is 3.26. The van der Waals surface area contributed by atoms with E-state index >= 15 is 0 Å². The number of Topliss-reactive ketones (excluding diaryl/α,β-unsaturated/α-hetero) is 1. The molecule has 0 unspecified atom stereocenters.